The Kier molecular flexibility index (Phi) is 7.43. The molecule has 0 unspecified atom stereocenters. The molecule has 4 aromatic carbocycles. The van der Waals surface area contributed by atoms with Gasteiger partial charge < -0.3 is 19.9 Å². The third-order valence-corrected chi connectivity index (χ3v) is 5.15. The maximum Gasteiger partial charge on any atom is 0.335 e. The molecule has 0 aliphatic carbocycles. The first-order chi connectivity index (χ1) is 17.0. The molecule has 0 fully saturated rings. The highest BCUT2D eigenvalue weighted by molar-refractivity contribution is 6.05. The molecule has 0 aliphatic heterocycles. The van der Waals surface area contributed by atoms with Crippen LogP contribution in [0, 0.1) is 0 Å². The van der Waals surface area contributed by atoms with Crippen LogP contribution in [0.15, 0.2) is 97.1 Å². The molecule has 6 heteroatoms. The molecule has 0 atom stereocenters. The van der Waals surface area contributed by atoms with E-state index in [9.17, 15) is 14.7 Å². The largest absolute Gasteiger partial charge is 0.494 e. The molecule has 4 aromatic rings. The Morgan fingerprint density at radius 1 is 0.743 bits per heavy atom. The number of hydrogen-bond acceptors (Lipinski definition) is 4. The van der Waals surface area contributed by atoms with Crippen LogP contribution < -0.4 is 14.8 Å². The number of amides is 1. The van der Waals surface area contributed by atoms with Crippen LogP contribution in [0.4, 0.5) is 5.69 Å². The summed E-state index contributed by atoms with van der Waals surface area (Å²) in [6.07, 6.45) is 0.881. The molecule has 0 saturated carbocycles. The Bertz CT molecular complexity index is 1330. The van der Waals surface area contributed by atoms with Gasteiger partial charge in [-0.1, -0.05) is 43.3 Å². The van der Waals surface area contributed by atoms with Crippen molar-refractivity contribution >= 4 is 17.6 Å². The minimum atomic E-state index is -1.08. The van der Waals surface area contributed by atoms with Crippen molar-refractivity contribution in [2.75, 3.05) is 11.9 Å². The Hall–Kier alpha value is -4.58. The van der Waals surface area contributed by atoms with Gasteiger partial charge in [0.05, 0.1) is 12.2 Å². The van der Waals surface area contributed by atoms with E-state index in [1.807, 2.05) is 61.5 Å². The molecule has 0 aromatic heterocycles. The van der Waals surface area contributed by atoms with Crippen LogP contribution in [-0.4, -0.2) is 23.6 Å². The van der Waals surface area contributed by atoms with Gasteiger partial charge in [-0.15, -0.1) is 0 Å². The number of benzene rings is 4. The number of carbonyl (C=O) groups is 2. The van der Waals surface area contributed by atoms with Crippen molar-refractivity contribution in [3.8, 4) is 28.4 Å². The van der Waals surface area contributed by atoms with Crippen molar-refractivity contribution in [1.82, 2.24) is 0 Å². The topological polar surface area (TPSA) is 84.9 Å². The van der Waals surface area contributed by atoms with Gasteiger partial charge in [-0.3, -0.25) is 4.79 Å². The van der Waals surface area contributed by atoms with Gasteiger partial charge in [0, 0.05) is 11.3 Å². The zero-order valence-electron chi connectivity index (χ0n) is 19.2. The van der Waals surface area contributed by atoms with Crippen molar-refractivity contribution < 1.29 is 24.2 Å². The predicted octanol–water partition coefficient (Wildman–Crippen LogP) is 6.89. The van der Waals surface area contributed by atoms with E-state index in [0.717, 1.165) is 12.0 Å². The molecule has 6 nitrogen and oxygen atoms in total. The lowest BCUT2D eigenvalue weighted by Gasteiger charge is -2.12. The standard InChI is InChI=1S/C29H25NO5/c1-2-14-34-26-12-6-8-20(18-26)22-15-23(29(32)33)17-24(16-22)30-28(31)21-9-7-13-27(19-21)35-25-10-4-3-5-11-25/h3-13,15-19H,2,14H2,1H3,(H,30,31)(H,32,33). The van der Waals surface area contributed by atoms with Crippen LogP contribution in [0.1, 0.15) is 34.1 Å². The van der Waals surface area contributed by atoms with Crippen molar-refractivity contribution in [3.05, 3.63) is 108 Å². The summed E-state index contributed by atoms with van der Waals surface area (Å²) in [5, 5.41) is 12.4. The summed E-state index contributed by atoms with van der Waals surface area (Å²) in [5.41, 5.74) is 2.27. The summed E-state index contributed by atoms with van der Waals surface area (Å²) in [6, 6.07) is 28.3. The summed E-state index contributed by atoms with van der Waals surface area (Å²) < 4.78 is 11.5. The van der Waals surface area contributed by atoms with Crippen LogP contribution >= 0.6 is 0 Å². The van der Waals surface area contributed by atoms with Crippen LogP contribution in [0.3, 0.4) is 0 Å². The molecule has 176 valence electrons. The fraction of sp³-hybridized carbons (Fsp3) is 0.103. The van der Waals surface area contributed by atoms with Crippen LogP contribution in [0.5, 0.6) is 17.2 Å². The Morgan fingerprint density at radius 2 is 1.49 bits per heavy atom. The number of anilines is 1. The van der Waals surface area contributed by atoms with Crippen molar-refractivity contribution in [3.63, 3.8) is 0 Å². The molecule has 4 rings (SSSR count). The van der Waals surface area contributed by atoms with Crippen molar-refractivity contribution in [2.45, 2.75) is 13.3 Å². The quantitative estimate of drug-likeness (QED) is 0.280. The number of nitrogens with one attached hydrogen (secondary N) is 1. The normalized spacial score (nSPS) is 10.4. The number of carboxylic acids is 1. The molecule has 35 heavy (non-hydrogen) atoms. The second-order valence-electron chi connectivity index (χ2n) is 7.88. The minimum absolute atomic E-state index is 0.0684. The molecule has 1 amide bonds. The monoisotopic (exact) mass is 467 g/mol. The molecule has 0 saturated heterocycles. The van der Waals surface area contributed by atoms with E-state index >= 15 is 0 Å². The third kappa shape index (κ3) is 6.26. The Morgan fingerprint density at radius 3 is 2.26 bits per heavy atom. The van der Waals surface area contributed by atoms with E-state index in [4.69, 9.17) is 9.47 Å². The zero-order valence-corrected chi connectivity index (χ0v) is 19.2. The first-order valence-electron chi connectivity index (χ1n) is 11.3. The van der Waals surface area contributed by atoms with E-state index < -0.39 is 5.97 Å². The summed E-state index contributed by atoms with van der Waals surface area (Å²) >= 11 is 0. The number of ether oxygens (including phenoxy) is 2. The van der Waals surface area contributed by atoms with E-state index in [-0.39, 0.29) is 11.5 Å². The highest BCUT2D eigenvalue weighted by Gasteiger charge is 2.13. The fourth-order valence-corrected chi connectivity index (χ4v) is 3.50. The Balaban J connectivity index is 1.58. The highest BCUT2D eigenvalue weighted by atomic mass is 16.5. The first-order valence-corrected chi connectivity index (χ1v) is 11.3. The third-order valence-electron chi connectivity index (χ3n) is 5.15. The van der Waals surface area contributed by atoms with Gasteiger partial charge in [-0.25, -0.2) is 4.79 Å². The maximum atomic E-state index is 13.0. The molecule has 0 bridgehead atoms. The molecule has 0 spiro atoms. The second kappa shape index (κ2) is 11.0. The number of para-hydroxylation sites is 1. The lowest BCUT2D eigenvalue weighted by atomic mass is 10.0. The molecule has 2 N–H and O–H groups in total. The number of carbonyl (C=O) groups excluding carboxylic acids is 1. The average molecular weight is 468 g/mol. The number of hydrogen-bond donors (Lipinski definition) is 2. The van der Waals surface area contributed by atoms with Gasteiger partial charge in [0.25, 0.3) is 5.91 Å². The average Bonchev–Trinajstić information content (AvgIpc) is 2.88. The zero-order chi connectivity index (χ0) is 24.6. The maximum absolute atomic E-state index is 13.0. The first kappa shape index (κ1) is 23.6. The van der Waals surface area contributed by atoms with Gasteiger partial charge >= 0.3 is 5.97 Å². The molecule has 0 heterocycles. The van der Waals surface area contributed by atoms with Gasteiger partial charge in [0.1, 0.15) is 17.2 Å². The lowest BCUT2D eigenvalue weighted by Crippen LogP contribution is -2.12. The number of carboxylic acid groups (broad SMARTS) is 1. The Labute approximate surface area is 203 Å². The fourth-order valence-electron chi connectivity index (χ4n) is 3.50. The summed E-state index contributed by atoms with van der Waals surface area (Å²) in [5.74, 6) is 0.420. The lowest BCUT2D eigenvalue weighted by molar-refractivity contribution is 0.0696. The van der Waals surface area contributed by atoms with Crippen LogP contribution in [0.2, 0.25) is 0 Å². The van der Waals surface area contributed by atoms with Gasteiger partial charge in [0.15, 0.2) is 0 Å². The van der Waals surface area contributed by atoms with Crippen molar-refractivity contribution in [1.29, 1.82) is 0 Å². The minimum Gasteiger partial charge on any atom is -0.494 e. The number of rotatable bonds is 9. The van der Waals surface area contributed by atoms with E-state index in [2.05, 4.69) is 5.32 Å². The van der Waals surface area contributed by atoms with E-state index in [1.54, 1.807) is 36.4 Å². The molecule has 0 aliphatic rings. The highest BCUT2D eigenvalue weighted by Crippen LogP contribution is 2.29. The summed E-state index contributed by atoms with van der Waals surface area (Å²) in [4.78, 5) is 24.8. The van der Waals surface area contributed by atoms with Gasteiger partial charge in [-0.05, 0) is 78.2 Å². The van der Waals surface area contributed by atoms with E-state index in [0.29, 0.717) is 40.7 Å². The molecular weight excluding hydrogens is 442 g/mol. The van der Waals surface area contributed by atoms with Gasteiger partial charge in [0.2, 0.25) is 0 Å². The SMILES string of the molecule is CCCOc1cccc(-c2cc(NC(=O)c3cccc(Oc4ccccc4)c3)cc(C(=O)O)c2)c1. The van der Waals surface area contributed by atoms with Crippen LogP contribution in [0.25, 0.3) is 11.1 Å². The predicted molar refractivity (Wildman–Crippen MR) is 136 cm³/mol. The molecular formula is C29H25NO5. The number of aromatic carboxylic acids is 1. The van der Waals surface area contributed by atoms with Crippen molar-refractivity contribution in [2.24, 2.45) is 0 Å². The smallest absolute Gasteiger partial charge is 0.335 e. The molecule has 0 radical (unpaired) electrons. The van der Waals surface area contributed by atoms with Gasteiger partial charge in [-0.2, -0.15) is 0 Å². The summed E-state index contributed by atoms with van der Waals surface area (Å²) in [6.45, 7) is 2.62. The van der Waals surface area contributed by atoms with Crippen LogP contribution in [-0.2, 0) is 0 Å². The van der Waals surface area contributed by atoms with E-state index in [1.165, 1.54) is 6.07 Å². The second-order valence-corrected chi connectivity index (χ2v) is 7.88. The summed E-state index contributed by atoms with van der Waals surface area (Å²) in [7, 11) is 0.